The first kappa shape index (κ1) is 17.6. The third-order valence-electron chi connectivity index (χ3n) is 4.03. The molecule has 128 valence electrons. The van der Waals surface area contributed by atoms with Gasteiger partial charge in [0, 0.05) is 24.1 Å². The molecule has 0 bridgehead atoms. The van der Waals surface area contributed by atoms with Gasteiger partial charge in [-0.15, -0.1) is 0 Å². The monoisotopic (exact) mass is 323 g/mol. The third-order valence-corrected chi connectivity index (χ3v) is 4.03. The van der Waals surface area contributed by atoms with Crippen LogP contribution < -0.4 is 14.8 Å². The number of carbonyl (C=O) groups is 1. The summed E-state index contributed by atoms with van der Waals surface area (Å²) in [6.07, 6.45) is 0.482. The molecule has 0 aliphatic heterocycles. The number of carbonyl (C=O) groups excluding carboxylic acids is 1. The fraction of sp³-hybridized carbons (Fsp3) is 0.588. The van der Waals surface area contributed by atoms with Gasteiger partial charge >= 0.3 is 0 Å². The number of aliphatic hydroxyl groups excluding tert-OH is 2. The highest BCUT2D eigenvalue weighted by molar-refractivity contribution is 5.95. The predicted molar refractivity (Wildman–Crippen MR) is 85.9 cm³/mol. The normalized spacial score (nSPS) is 23.6. The Kier molecular flexibility index (Phi) is 6.24. The van der Waals surface area contributed by atoms with Crippen molar-refractivity contribution < 1.29 is 24.5 Å². The lowest BCUT2D eigenvalue weighted by atomic mass is 10.1. The molecule has 0 saturated heterocycles. The van der Waals surface area contributed by atoms with Gasteiger partial charge in [0.25, 0.3) is 5.91 Å². The van der Waals surface area contributed by atoms with Crippen LogP contribution >= 0.6 is 0 Å². The maximum absolute atomic E-state index is 12.4. The molecule has 0 aromatic heterocycles. The summed E-state index contributed by atoms with van der Waals surface area (Å²) in [6, 6.07) is 4.96. The number of hydrogen-bond donors (Lipinski definition) is 3. The van der Waals surface area contributed by atoms with Crippen LogP contribution in [0.3, 0.4) is 0 Å². The Morgan fingerprint density at radius 2 is 1.91 bits per heavy atom. The zero-order valence-corrected chi connectivity index (χ0v) is 13.6. The molecule has 0 unspecified atom stereocenters. The van der Waals surface area contributed by atoms with Crippen molar-refractivity contribution in [3.8, 4) is 11.5 Å². The standard InChI is InChI=1S/C17H25NO5/c1-3-22-15-6-5-11(8-16(15)23-4-2)17(21)18-13-7-12(10-19)14(20)9-13/h5-6,8,12-14,19-20H,3-4,7,9-10H2,1-2H3,(H,18,21)/t12-,13+,14+/m1/s1. The van der Waals surface area contributed by atoms with E-state index in [4.69, 9.17) is 9.47 Å². The van der Waals surface area contributed by atoms with Crippen LogP contribution in [0.15, 0.2) is 18.2 Å². The molecule has 0 spiro atoms. The van der Waals surface area contributed by atoms with Gasteiger partial charge in [0.1, 0.15) is 0 Å². The fourth-order valence-corrected chi connectivity index (χ4v) is 2.88. The molecule has 0 heterocycles. The van der Waals surface area contributed by atoms with E-state index in [0.29, 0.717) is 43.1 Å². The van der Waals surface area contributed by atoms with Crippen molar-refractivity contribution in [3.63, 3.8) is 0 Å². The number of ether oxygens (including phenoxy) is 2. The summed E-state index contributed by atoms with van der Waals surface area (Å²) in [5.41, 5.74) is 0.485. The SMILES string of the molecule is CCOc1ccc(C(=O)N[C@H]2C[C@H](CO)[C@@H](O)C2)cc1OCC. The van der Waals surface area contributed by atoms with Gasteiger partial charge in [0.05, 0.1) is 19.3 Å². The molecule has 1 amide bonds. The van der Waals surface area contributed by atoms with Crippen LogP contribution in [0.4, 0.5) is 0 Å². The van der Waals surface area contributed by atoms with E-state index in [-0.39, 0.29) is 24.5 Å². The highest BCUT2D eigenvalue weighted by Gasteiger charge is 2.33. The van der Waals surface area contributed by atoms with Crippen molar-refractivity contribution in [3.05, 3.63) is 23.8 Å². The minimum Gasteiger partial charge on any atom is -0.490 e. The van der Waals surface area contributed by atoms with Crippen LogP contribution in [-0.4, -0.2) is 48.1 Å². The highest BCUT2D eigenvalue weighted by atomic mass is 16.5. The van der Waals surface area contributed by atoms with Crippen LogP contribution in [0, 0.1) is 5.92 Å². The van der Waals surface area contributed by atoms with Crippen LogP contribution in [0.25, 0.3) is 0 Å². The van der Waals surface area contributed by atoms with E-state index in [1.807, 2.05) is 13.8 Å². The minimum absolute atomic E-state index is 0.0644. The number of hydrogen-bond acceptors (Lipinski definition) is 5. The molecule has 1 aromatic carbocycles. The largest absolute Gasteiger partial charge is 0.490 e. The van der Waals surface area contributed by atoms with E-state index < -0.39 is 6.10 Å². The second-order valence-corrected chi connectivity index (χ2v) is 5.68. The van der Waals surface area contributed by atoms with E-state index in [1.165, 1.54) is 0 Å². The van der Waals surface area contributed by atoms with Crippen molar-refractivity contribution in [2.24, 2.45) is 5.92 Å². The molecule has 1 saturated carbocycles. The van der Waals surface area contributed by atoms with Crippen LogP contribution in [0.5, 0.6) is 11.5 Å². The Morgan fingerprint density at radius 3 is 2.52 bits per heavy atom. The van der Waals surface area contributed by atoms with Gasteiger partial charge in [0.2, 0.25) is 0 Å². The molecule has 23 heavy (non-hydrogen) atoms. The second-order valence-electron chi connectivity index (χ2n) is 5.68. The maximum Gasteiger partial charge on any atom is 0.251 e. The lowest BCUT2D eigenvalue weighted by Gasteiger charge is -2.15. The van der Waals surface area contributed by atoms with Crippen molar-refractivity contribution in [1.29, 1.82) is 0 Å². The van der Waals surface area contributed by atoms with Gasteiger partial charge in [0.15, 0.2) is 11.5 Å². The third kappa shape index (κ3) is 4.36. The lowest BCUT2D eigenvalue weighted by molar-refractivity contribution is 0.0903. The number of aliphatic hydroxyl groups is 2. The maximum atomic E-state index is 12.4. The quantitative estimate of drug-likeness (QED) is 0.705. The van der Waals surface area contributed by atoms with Crippen molar-refractivity contribution in [1.82, 2.24) is 5.32 Å². The topological polar surface area (TPSA) is 88.0 Å². The highest BCUT2D eigenvalue weighted by Crippen LogP contribution is 2.29. The van der Waals surface area contributed by atoms with Gasteiger partial charge in [-0.1, -0.05) is 0 Å². The van der Waals surface area contributed by atoms with E-state index in [9.17, 15) is 15.0 Å². The molecule has 0 radical (unpaired) electrons. The van der Waals surface area contributed by atoms with Gasteiger partial charge in [-0.05, 0) is 44.9 Å². The molecule has 2 rings (SSSR count). The number of amides is 1. The first-order valence-electron chi connectivity index (χ1n) is 8.08. The Balaban J connectivity index is 2.06. The first-order valence-corrected chi connectivity index (χ1v) is 8.08. The molecule has 3 atom stereocenters. The Morgan fingerprint density at radius 1 is 1.22 bits per heavy atom. The van der Waals surface area contributed by atoms with Crippen molar-refractivity contribution >= 4 is 5.91 Å². The zero-order chi connectivity index (χ0) is 16.8. The van der Waals surface area contributed by atoms with Crippen LogP contribution in [0.1, 0.15) is 37.0 Å². The molecular formula is C17H25NO5. The van der Waals surface area contributed by atoms with E-state index in [0.717, 1.165) is 0 Å². The Hall–Kier alpha value is -1.79. The van der Waals surface area contributed by atoms with Crippen LogP contribution in [0.2, 0.25) is 0 Å². The van der Waals surface area contributed by atoms with Gasteiger partial charge in [-0.25, -0.2) is 0 Å². The van der Waals surface area contributed by atoms with E-state index in [2.05, 4.69) is 5.32 Å². The van der Waals surface area contributed by atoms with Crippen molar-refractivity contribution in [2.75, 3.05) is 19.8 Å². The summed E-state index contributed by atoms with van der Waals surface area (Å²) < 4.78 is 11.0. The lowest BCUT2D eigenvalue weighted by Crippen LogP contribution is -2.33. The second kappa shape index (κ2) is 8.17. The van der Waals surface area contributed by atoms with Crippen molar-refractivity contribution in [2.45, 2.75) is 38.8 Å². The minimum atomic E-state index is -0.565. The summed E-state index contributed by atoms with van der Waals surface area (Å²) in [5, 5.41) is 21.9. The molecule has 1 aromatic rings. The molecule has 1 aliphatic rings. The smallest absolute Gasteiger partial charge is 0.251 e. The Bertz CT molecular complexity index is 534. The number of nitrogens with one attached hydrogen (secondary N) is 1. The number of rotatable bonds is 7. The number of benzene rings is 1. The predicted octanol–water partition coefficient (Wildman–Crippen LogP) is 1.35. The van der Waals surface area contributed by atoms with E-state index >= 15 is 0 Å². The molecule has 1 fully saturated rings. The molecule has 6 heteroatoms. The van der Waals surface area contributed by atoms with Gasteiger partial charge in [-0.3, -0.25) is 4.79 Å². The summed E-state index contributed by atoms with van der Waals surface area (Å²) in [7, 11) is 0. The van der Waals surface area contributed by atoms with Gasteiger partial charge in [-0.2, -0.15) is 0 Å². The Labute approximate surface area is 136 Å². The molecular weight excluding hydrogens is 298 g/mol. The van der Waals surface area contributed by atoms with Crippen LogP contribution in [-0.2, 0) is 0 Å². The molecule has 1 aliphatic carbocycles. The summed E-state index contributed by atoms with van der Waals surface area (Å²) >= 11 is 0. The average molecular weight is 323 g/mol. The average Bonchev–Trinajstić information content (AvgIpc) is 2.89. The zero-order valence-electron chi connectivity index (χ0n) is 13.6. The van der Waals surface area contributed by atoms with E-state index in [1.54, 1.807) is 18.2 Å². The molecule has 6 nitrogen and oxygen atoms in total. The summed E-state index contributed by atoms with van der Waals surface area (Å²) in [6.45, 7) is 4.70. The fourth-order valence-electron chi connectivity index (χ4n) is 2.88. The molecule has 3 N–H and O–H groups in total. The van der Waals surface area contributed by atoms with Gasteiger partial charge < -0.3 is 25.0 Å². The summed E-state index contributed by atoms with van der Waals surface area (Å²) in [5.74, 6) is 0.772. The summed E-state index contributed by atoms with van der Waals surface area (Å²) in [4.78, 5) is 12.4. The first-order chi connectivity index (χ1) is 11.1.